The van der Waals surface area contributed by atoms with Crippen molar-refractivity contribution >= 4 is 6.16 Å². The fourth-order valence-corrected chi connectivity index (χ4v) is 0.506. The Hall–Kier alpha value is -0.730. The fraction of sp³-hybridized carbons (Fsp3) is 0.600. The Morgan fingerprint density at radius 1 is 1.88 bits per heavy atom. The highest BCUT2D eigenvalue weighted by Gasteiger charge is 2.22. The van der Waals surface area contributed by atoms with Gasteiger partial charge in [-0.25, -0.2) is 4.79 Å². The first-order chi connectivity index (χ1) is 3.83. The lowest BCUT2D eigenvalue weighted by Gasteiger charge is -1.96. The second kappa shape index (κ2) is 2.03. The van der Waals surface area contributed by atoms with Crippen LogP contribution in [-0.4, -0.2) is 18.9 Å². The number of hydrogen-bond acceptors (Lipinski definition) is 3. The number of hydrogen-bond donors (Lipinski definition) is 0. The molecule has 1 atom stereocenters. The quantitative estimate of drug-likeness (QED) is 0.473. The topological polar surface area (TPSA) is 35.5 Å². The lowest BCUT2D eigenvalue weighted by Crippen LogP contribution is -2.07. The van der Waals surface area contributed by atoms with Gasteiger partial charge in [-0.15, -0.1) is 0 Å². The lowest BCUT2D eigenvalue weighted by atomic mass is 10.3. The molecule has 0 N–H and O–H groups in total. The van der Waals surface area contributed by atoms with E-state index in [1.54, 1.807) is 6.42 Å². The van der Waals surface area contributed by atoms with Crippen LogP contribution in [-0.2, 0) is 9.47 Å². The van der Waals surface area contributed by atoms with Crippen LogP contribution in [0.2, 0.25) is 0 Å². The second-order valence-corrected chi connectivity index (χ2v) is 1.55. The Morgan fingerprint density at radius 2 is 2.62 bits per heavy atom. The summed E-state index contributed by atoms with van der Waals surface area (Å²) in [7, 11) is 0. The van der Waals surface area contributed by atoms with Crippen molar-refractivity contribution in [2.45, 2.75) is 13.0 Å². The summed E-state index contributed by atoms with van der Waals surface area (Å²) < 4.78 is 9.06. The molecule has 0 bridgehead atoms. The first-order valence-electron chi connectivity index (χ1n) is 2.46. The van der Waals surface area contributed by atoms with E-state index in [2.05, 4.69) is 9.47 Å². The molecule has 0 amide bonds. The summed E-state index contributed by atoms with van der Waals surface area (Å²) in [6.45, 7) is 2.20. The fourth-order valence-electron chi connectivity index (χ4n) is 0.506. The van der Waals surface area contributed by atoms with Crippen LogP contribution in [0.15, 0.2) is 0 Å². The van der Waals surface area contributed by atoms with Crippen LogP contribution >= 0.6 is 0 Å². The van der Waals surface area contributed by atoms with Crippen molar-refractivity contribution in [3.8, 4) is 0 Å². The normalized spacial score (nSPS) is 27.1. The van der Waals surface area contributed by atoms with Crippen LogP contribution in [0, 0.1) is 6.42 Å². The maximum absolute atomic E-state index is 10.1. The summed E-state index contributed by atoms with van der Waals surface area (Å²) in [4.78, 5) is 10.1. The number of ether oxygens (including phenoxy) is 2. The van der Waals surface area contributed by atoms with Crippen LogP contribution < -0.4 is 0 Å². The molecule has 0 saturated carbocycles. The van der Waals surface area contributed by atoms with Gasteiger partial charge < -0.3 is 9.47 Å². The minimum absolute atomic E-state index is 0.123. The summed E-state index contributed by atoms with van der Waals surface area (Å²) in [5, 5.41) is 0. The van der Waals surface area contributed by atoms with Crippen LogP contribution in [0.1, 0.15) is 6.92 Å². The summed E-state index contributed by atoms with van der Waals surface area (Å²) in [6, 6.07) is 0. The van der Waals surface area contributed by atoms with E-state index in [-0.39, 0.29) is 6.10 Å². The Morgan fingerprint density at radius 3 is 2.88 bits per heavy atom. The van der Waals surface area contributed by atoms with Gasteiger partial charge in [-0.05, 0) is 0 Å². The lowest BCUT2D eigenvalue weighted by molar-refractivity contribution is 0.123. The molecule has 1 aliphatic rings. The molecule has 1 fully saturated rings. The van der Waals surface area contributed by atoms with Crippen molar-refractivity contribution in [2.24, 2.45) is 0 Å². The predicted octanol–water partition coefficient (Wildman–Crippen LogP) is 0.746. The standard InChI is InChI=1S/C5H7O3/c1-2-4-3-7-5(6)8-4/h2,4H,3H2,1H3. The van der Waals surface area contributed by atoms with Crippen molar-refractivity contribution < 1.29 is 14.3 Å². The number of carbonyl (C=O) groups is 1. The zero-order valence-corrected chi connectivity index (χ0v) is 4.59. The largest absolute Gasteiger partial charge is 0.508 e. The monoisotopic (exact) mass is 115 g/mol. The number of carbonyl (C=O) groups excluding carboxylic acids is 1. The molecule has 0 aliphatic carbocycles. The van der Waals surface area contributed by atoms with Crippen LogP contribution in [0.3, 0.4) is 0 Å². The molecule has 3 heteroatoms. The summed E-state index contributed by atoms with van der Waals surface area (Å²) >= 11 is 0. The molecule has 1 saturated heterocycles. The van der Waals surface area contributed by atoms with Crippen LogP contribution in [0.5, 0.6) is 0 Å². The van der Waals surface area contributed by atoms with E-state index in [1.165, 1.54) is 0 Å². The molecule has 1 unspecified atom stereocenters. The molecule has 0 aromatic rings. The maximum atomic E-state index is 10.1. The summed E-state index contributed by atoms with van der Waals surface area (Å²) in [5.41, 5.74) is 0. The Kier molecular flexibility index (Phi) is 1.37. The SMILES string of the molecule is C[CH]C1COC(=O)O1. The average molecular weight is 115 g/mol. The van der Waals surface area contributed by atoms with Crippen molar-refractivity contribution in [3.63, 3.8) is 0 Å². The van der Waals surface area contributed by atoms with E-state index >= 15 is 0 Å². The molecule has 0 aromatic heterocycles. The van der Waals surface area contributed by atoms with Crippen molar-refractivity contribution in [1.29, 1.82) is 0 Å². The van der Waals surface area contributed by atoms with Gasteiger partial charge in [0.05, 0.1) is 0 Å². The van der Waals surface area contributed by atoms with Crippen molar-refractivity contribution in [2.75, 3.05) is 6.61 Å². The first-order valence-corrected chi connectivity index (χ1v) is 2.46. The Balaban J connectivity index is 2.32. The molecule has 1 heterocycles. The van der Waals surface area contributed by atoms with E-state index in [4.69, 9.17) is 0 Å². The third kappa shape index (κ3) is 0.911. The molecule has 0 spiro atoms. The molecule has 1 rings (SSSR count). The second-order valence-electron chi connectivity index (χ2n) is 1.55. The van der Waals surface area contributed by atoms with E-state index < -0.39 is 6.16 Å². The molecule has 3 nitrogen and oxygen atoms in total. The highest BCUT2D eigenvalue weighted by Crippen LogP contribution is 2.07. The van der Waals surface area contributed by atoms with Gasteiger partial charge in [0.2, 0.25) is 0 Å². The van der Waals surface area contributed by atoms with Crippen molar-refractivity contribution in [3.05, 3.63) is 6.42 Å². The molecule has 45 valence electrons. The van der Waals surface area contributed by atoms with Crippen molar-refractivity contribution in [1.82, 2.24) is 0 Å². The third-order valence-electron chi connectivity index (χ3n) is 0.985. The molecular weight excluding hydrogens is 108 g/mol. The number of rotatable bonds is 1. The first kappa shape index (κ1) is 5.41. The van der Waals surface area contributed by atoms with Gasteiger partial charge in [-0.3, -0.25) is 0 Å². The van der Waals surface area contributed by atoms with Crippen LogP contribution in [0.4, 0.5) is 4.79 Å². The Bertz CT molecular complexity index is 99.8. The van der Waals surface area contributed by atoms with Gasteiger partial charge in [-0.2, -0.15) is 0 Å². The predicted molar refractivity (Wildman–Crippen MR) is 26.2 cm³/mol. The molecule has 0 aromatic carbocycles. The smallest absolute Gasteiger partial charge is 0.430 e. The third-order valence-corrected chi connectivity index (χ3v) is 0.985. The van der Waals surface area contributed by atoms with Gasteiger partial charge in [-0.1, -0.05) is 6.92 Å². The minimum Gasteiger partial charge on any atom is -0.430 e. The zero-order chi connectivity index (χ0) is 5.98. The van der Waals surface area contributed by atoms with E-state index in [9.17, 15) is 4.79 Å². The molecule has 1 radical (unpaired) electrons. The highest BCUT2D eigenvalue weighted by molar-refractivity contribution is 5.62. The Labute approximate surface area is 47.6 Å². The minimum atomic E-state index is -0.562. The van der Waals surface area contributed by atoms with E-state index in [0.29, 0.717) is 6.61 Å². The summed E-state index contributed by atoms with van der Waals surface area (Å²) in [6.07, 6.45) is 1.10. The van der Waals surface area contributed by atoms with Gasteiger partial charge in [0, 0.05) is 6.42 Å². The summed E-state index contributed by atoms with van der Waals surface area (Å²) in [5.74, 6) is 0. The van der Waals surface area contributed by atoms with Crippen LogP contribution in [0.25, 0.3) is 0 Å². The highest BCUT2D eigenvalue weighted by atomic mass is 16.8. The van der Waals surface area contributed by atoms with Gasteiger partial charge >= 0.3 is 6.16 Å². The molecular formula is C5H7O3. The number of cyclic esters (lactones) is 2. The average Bonchev–Trinajstić information content (AvgIpc) is 2.14. The van der Waals surface area contributed by atoms with Gasteiger partial charge in [0.1, 0.15) is 12.7 Å². The van der Waals surface area contributed by atoms with Gasteiger partial charge in [0.25, 0.3) is 0 Å². The molecule has 8 heavy (non-hydrogen) atoms. The maximum Gasteiger partial charge on any atom is 0.508 e. The zero-order valence-electron chi connectivity index (χ0n) is 4.59. The molecule has 1 aliphatic heterocycles. The van der Waals surface area contributed by atoms with E-state index in [1.807, 2.05) is 6.92 Å². The van der Waals surface area contributed by atoms with E-state index in [0.717, 1.165) is 0 Å². The van der Waals surface area contributed by atoms with Gasteiger partial charge in [0.15, 0.2) is 0 Å².